The van der Waals surface area contributed by atoms with Crippen LogP contribution in [0.2, 0.25) is 0 Å². The van der Waals surface area contributed by atoms with E-state index < -0.39 is 6.04 Å². The van der Waals surface area contributed by atoms with E-state index in [1.54, 1.807) is 25.3 Å². The van der Waals surface area contributed by atoms with Crippen LogP contribution >= 0.6 is 11.3 Å². The van der Waals surface area contributed by atoms with Crippen LogP contribution in [0.1, 0.15) is 29.8 Å². The molecule has 7 rings (SSSR count). The maximum Gasteiger partial charge on any atom is 0.268 e. The van der Waals surface area contributed by atoms with Gasteiger partial charge in [-0.3, -0.25) is 19.3 Å². The number of H-pyrrole nitrogens is 1. The van der Waals surface area contributed by atoms with Gasteiger partial charge in [0.1, 0.15) is 28.1 Å². The van der Waals surface area contributed by atoms with Gasteiger partial charge < -0.3 is 34.6 Å². The molecule has 4 aromatic rings. The monoisotopic (exact) mass is 633 g/mol. The second-order valence-corrected chi connectivity index (χ2v) is 11.9. The first kappa shape index (κ1) is 30.4. The van der Waals surface area contributed by atoms with Crippen molar-refractivity contribution in [1.82, 2.24) is 25.5 Å². The molecule has 1 fully saturated rings. The van der Waals surface area contributed by atoms with Crippen molar-refractivity contribution < 1.29 is 28.5 Å². The van der Waals surface area contributed by atoms with Gasteiger partial charge in [-0.2, -0.15) is 0 Å². The summed E-state index contributed by atoms with van der Waals surface area (Å²) in [6.45, 7) is 1.60. The Morgan fingerprint density at radius 3 is 2.73 bits per heavy atom. The van der Waals surface area contributed by atoms with E-state index in [2.05, 4.69) is 25.5 Å². The molecular weight excluding hydrogens is 598 g/mol. The zero-order valence-electron chi connectivity index (χ0n) is 25.1. The summed E-state index contributed by atoms with van der Waals surface area (Å²) in [5, 5.41) is 7.92. The fraction of sp³-hybridized carbons (Fsp3) is 0.375. The number of carbonyl (C=O) groups excluding carboxylic acids is 2. The SMILES string of the molecule is COc1cc2ccc1CNC(=O)CCc1ccc(OC)c(c1)OCC(=O)N[C@@H]1CN(Cc3nc4ccsc4c(=O)[nH]3)CC[C@@H]1O2. The fourth-order valence-corrected chi connectivity index (χ4v) is 6.40. The maximum absolute atomic E-state index is 13.3. The van der Waals surface area contributed by atoms with Gasteiger partial charge in [0.25, 0.3) is 11.5 Å². The molecule has 0 spiro atoms. The van der Waals surface area contributed by atoms with E-state index in [-0.39, 0.29) is 36.5 Å². The van der Waals surface area contributed by atoms with Gasteiger partial charge >= 0.3 is 0 Å². The van der Waals surface area contributed by atoms with Crippen LogP contribution < -0.4 is 35.1 Å². The van der Waals surface area contributed by atoms with Crippen molar-refractivity contribution in [1.29, 1.82) is 0 Å². The molecule has 2 aromatic carbocycles. The molecule has 0 aliphatic carbocycles. The molecule has 0 unspecified atom stereocenters. The van der Waals surface area contributed by atoms with Crippen molar-refractivity contribution in [3.63, 3.8) is 0 Å². The van der Waals surface area contributed by atoms with Gasteiger partial charge in [-0.1, -0.05) is 6.07 Å². The number of carbonyl (C=O) groups is 2. The molecule has 12 nitrogen and oxygen atoms in total. The third-order valence-electron chi connectivity index (χ3n) is 7.97. The van der Waals surface area contributed by atoms with Crippen molar-refractivity contribution >= 4 is 33.4 Å². The van der Waals surface area contributed by atoms with E-state index in [0.717, 1.165) is 11.1 Å². The number of aromatic nitrogens is 2. The highest BCUT2D eigenvalue weighted by Crippen LogP contribution is 2.30. The summed E-state index contributed by atoms with van der Waals surface area (Å²) in [5.74, 6) is 2.23. The summed E-state index contributed by atoms with van der Waals surface area (Å²) >= 11 is 1.36. The zero-order valence-corrected chi connectivity index (χ0v) is 25.9. The number of aromatic amines is 1. The predicted molar refractivity (Wildman–Crippen MR) is 168 cm³/mol. The molecule has 4 bridgehead atoms. The number of aryl methyl sites for hydroxylation is 1. The number of fused-ring (bicyclic) bond motifs is 10. The van der Waals surface area contributed by atoms with E-state index >= 15 is 0 Å². The molecule has 3 aliphatic heterocycles. The van der Waals surface area contributed by atoms with Crippen LogP contribution in [0.25, 0.3) is 10.2 Å². The van der Waals surface area contributed by atoms with E-state index in [1.807, 2.05) is 29.6 Å². The quantitative estimate of drug-likeness (QED) is 0.309. The molecule has 1 saturated heterocycles. The van der Waals surface area contributed by atoms with Crippen molar-refractivity contribution in [3.8, 4) is 23.0 Å². The molecule has 45 heavy (non-hydrogen) atoms. The lowest BCUT2D eigenvalue weighted by molar-refractivity contribution is -0.125. The van der Waals surface area contributed by atoms with Crippen molar-refractivity contribution in [2.24, 2.45) is 0 Å². The molecule has 0 radical (unpaired) electrons. The summed E-state index contributed by atoms with van der Waals surface area (Å²) in [5.41, 5.74) is 2.22. The van der Waals surface area contributed by atoms with Gasteiger partial charge in [0, 0.05) is 37.7 Å². The minimum Gasteiger partial charge on any atom is -0.496 e. The topological polar surface area (TPSA) is 144 Å². The summed E-state index contributed by atoms with van der Waals surface area (Å²) in [4.78, 5) is 48.1. The van der Waals surface area contributed by atoms with Gasteiger partial charge in [0.15, 0.2) is 18.1 Å². The third kappa shape index (κ3) is 7.21. The molecule has 3 aliphatic rings. The number of thiophene rings is 1. The minimum absolute atomic E-state index is 0.0999. The first-order chi connectivity index (χ1) is 21.9. The largest absolute Gasteiger partial charge is 0.496 e. The van der Waals surface area contributed by atoms with Crippen LogP contribution in [0.3, 0.4) is 0 Å². The number of ether oxygens (including phenoxy) is 4. The Morgan fingerprint density at radius 2 is 1.89 bits per heavy atom. The molecule has 2 amide bonds. The Kier molecular flexibility index (Phi) is 9.17. The van der Waals surface area contributed by atoms with E-state index in [9.17, 15) is 14.4 Å². The van der Waals surface area contributed by atoms with Gasteiger partial charge in [-0.05, 0) is 54.1 Å². The van der Waals surface area contributed by atoms with E-state index in [1.165, 1.54) is 18.4 Å². The zero-order chi connectivity index (χ0) is 31.3. The third-order valence-corrected chi connectivity index (χ3v) is 8.87. The molecule has 5 heterocycles. The summed E-state index contributed by atoms with van der Waals surface area (Å²) in [7, 11) is 3.11. The van der Waals surface area contributed by atoms with E-state index in [4.69, 9.17) is 18.9 Å². The van der Waals surface area contributed by atoms with Gasteiger partial charge in [0.05, 0.1) is 32.3 Å². The van der Waals surface area contributed by atoms with Crippen molar-refractivity contribution in [2.45, 2.75) is 44.5 Å². The van der Waals surface area contributed by atoms with Gasteiger partial charge in [-0.25, -0.2) is 4.98 Å². The summed E-state index contributed by atoms with van der Waals surface area (Å²) in [6, 6.07) is 12.4. The second kappa shape index (κ2) is 13.6. The van der Waals surface area contributed by atoms with Gasteiger partial charge in [-0.15, -0.1) is 11.3 Å². The molecule has 13 heteroatoms. The number of nitrogens with zero attached hydrogens (tertiary/aromatic N) is 2. The number of nitrogens with one attached hydrogen (secondary N) is 3. The number of rotatable bonds is 4. The number of benzene rings is 2. The first-order valence-electron chi connectivity index (χ1n) is 14.8. The van der Waals surface area contributed by atoms with Crippen LogP contribution in [0, 0.1) is 0 Å². The molecular formula is C32H35N5O7S. The normalized spacial score (nSPS) is 19.6. The highest BCUT2D eigenvalue weighted by molar-refractivity contribution is 7.17. The van der Waals surface area contributed by atoms with Gasteiger partial charge in [0.2, 0.25) is 5.91 Å². The number of hydrogen-bond acceptors (Lipinski definition) is 10. The Bertz CT molecular complexity index is 1760. The van der Waals surface area contributed by atoms with Crippen LogP contribution in [0.4, 0.5) is 0 Å². The number of hydrogen-bond donors (Lipinski definition) is 3. The van der Waals surface area contributed by atoms with E-state index in [0.29, 0.717) is 78.1 Å². The smallest absolute Gasteiger partial charge is 0.268 e. The van der Waals surface area contributed by atoms with Crippen LogP contribution in [0.5, 0.6) is 23.0 Å². The second-order valence-electron chi connectivity index (χ2n) is 11.0. The summed E-state index contributed by atoms with van der Waals surface area (Å²) in [6.07, 6.45) is 1.01. The number of likely N-dealkylation sites (tertiary alicyclic amines) is 1. The summed E-state index contributed by atoms with van der Waals surface area (Å²) < 4.78 is 24.0. The molecule has 2 atom stereocenters. The Balaban J connectivity index is 1.25. The standard InChI is InChI=1S/C32H35N5O7S/c1-41-25-7-3-19-4-8-29(38)33-15-20-5-6-21(14-26(20)42-2)44-24-9-11-37(16-23(24)35-30(39)18-43-27(25)13-19)17-28-34-22-10-12-45-31(22)32(40)36-28/h3,5-7,10,12-14,23-24H,4,8-9,11,15-18H2,1-2H3,(H,33,38)(H,35,39)(H,34,36,40)/t23-,24+/m1/s1. The maximum atomic E-state index is 13.3. The molecule has 236 valence electrons. The Hall–Kier alpha value is -4.62. The lowest BCUT2D eigenvalue weighted by Crippen LogP contribution is -2.57. The highest BCUT2D eigenvalue weighted by Gasteiger charge is 2.33. The predicted octanol–water partition coefficient (Wildman–Crippen LogP) is 2.78. The lowest BCUT2D eigenvalue weighted by Gasteiger charge is -2.38. The number of amides is 2. The van der Waals surface area contributed by atoms with Crippen LogP contribution in [-0.2, 0) is 29.1 Å². The number of piperidine rings is 1. The lowest BCUT2D eigenvalue weighted by atomic mass is 10.0. The average Bonchev–Trinajstić information content (AvgIpc) is 3.52. The minimum atomic E-state index is -0.397. The van der Waals surface area contributed by atoms with Crippen LogP contribution in [0.15, 0.2) is 52.6 Å². The Morgan fingerprint density at radius 1 is 1.02 bits per heavy atom. The van der Waals surface area contributed by atoms with Crippen molar-refractivity contribution in [3.05, 3.63) is 75.1 Å². The average molecular weight is 634 g/mol. The fourth-order valence-electron chi connectivity index (χ4n) is 5.67. The van der Waals surface area contributed by atoms with Crippen LogP contribution in [-0.4, -0.2) is 72.7 Å². The molecule has 2 aromatic heterocycles. The highest BCUT2D eigenvalue weighted by atomic mass is 32.1. The van der Waals surface area contributed by atoms with Crippen molar-refractivity contribution in [2.75, 3.05) is 33.9 Å². The molecule has 3 N–H and O–H groups in total. The number of methoxy groups -OCH3 is 2. The Labute approximate surface area is 263 Å². The first-order valence-corrected chi connectivity index (χ1v) is 15.6. The molecule has 0 saturated carbocycles.